The Morgan fingerprint density at radius 2 is 2.38 bits per heavy atom. The van der Waals surface area contributed by atoms with Crippen LogP contribution in [0.15, 0.2) is 5.38 Å². The fraction of sp³-hybridized carbons (Fsp3) is 0.625. The molecule has 0 fully saturated rings. The Morgan fingerprint density at radius 1 is 1.54 bits per heavy atom. The summed E-state index contributed by atoms with van der Waals surface area (Å²) in [7, 11) is 1.65. The van der Waals surface area contributed by atoms with E-state index in [1.54, 1.807) is 18.4 Å². The first-order chi connectivity index (χ1) is 6.36. The van der Waals surface area contributed by atoms with Gasteiger partial charge in [-0.2, -0.15) is 0 Å². The summed E-state index contributed by atoms with van der Waals surface area (Å²) in [6.07, 6.45) is 0. The van der Waals surface area contributed by atoms with Crippen molar-refractivity contribution in [2.24, 2.45) is 0 Å². The van der Waals surface area contributed by atoms with Crippen LogP contribution in [0.2, 0.25) is 0 Å². The van der Waals surface area contributed by atoms with Crippen molar-refractivity contribution < 1.29 is 9.47 Å². The molecule has 1 aromatic rings. The summed E-state index contributed by atoms with van der Waals surface area (Å²) in [6, 6.07) is 0. The van der Waals surface area contributed by atoms with E-state index in [1.165, 1.54) is 0 Å². The second-order valence-electron chi connectivity index (χ2n) is 2.41. The van der Waals surface area contributed by atoms with Crippen molar-refractivity contribution in [3.8, 4) is 0 Å². The normalized spacial score (nSPS) is 10.6. The molecule has 3 nitrogen and oxygen atoms in total. The summed E-state index contributed by atoms with van der Waals surface area (Å²) in [5.41, 5.74) is 0.914. The number of methoxy groups -OCH3 is 1. The van der Waals surface area contributed by atoms with Crippen molar-refractivity contribution in [1.82, 2.24) is 4.98 Å². The number of nitrogens with zero attached hydrogens (tertiary/aromatic N) is 1. The quantitative estimate of drug-likeness (QED) is 0.544. The largest absolute Gasteiger partial charge is 0.382 e. The number of rotatable bonds is 6. The van der Waals surface area contributed by atoms with E-state index in [1.807, 2.05) is 5.38 Å². The first-order valence-electron chi connectivity index (χ1n) is 3.92. The van der Waals surface area contributed by atoms with E-state index >= 15 is 0 Å². The van der Waals surface area contributed by atoms with Crippen molar-refractivity contribution in [1.29, 1.82) is 0 Å². The van der Waals surface area contributed by atoms with Gasteiger partial charge in [-0.15, -0.1) is 22.9 Å². The van der Waals surface area contributed by atoms with Crippen LogP contribution in [0, 0.1) is 0 Å². The molecular formula is C8H12ClNO2S. The van der Waals surface area contributed by atoms with Crippen molar-refractivity contribution in [2.75, 3.05) is 20.3 Å². The van der Waals surface area contributed by atoms with Gasteiger partial charge >= 0.3 is 0 Å². The molecule has 0 spiro atoms. The molecule has 0 aromatic carbocycles. The van der Waals surface area contributed by atoms with Gasteiger partial charge in [0.15, 0.2) is 0 Å². The zero-order valence-corrected chi connectivity index (χ0v) is 9.03. The summed E-state index contributed by atoms with van der Waals surface area (Å²) in [5.74, 6) is 0.467. The van der Waals surface area contributed by atoms with E-state index < -0.39 is 0 Å². The fourth-order valence-electron chi connectivity index (χ4n) is 0.778. The Labute approximate surface area is 86.6 Å². The van der Waals surface area contributed by atoms with E-state index in [0.717, 1.165) is 10.7 Å². The van der Waals surface area contributed by atoms with Gasteiger partial charge in [-0.25, -0.2) is 4.98 Å². The van der Waals surface area contributed by atoms with Crippen molar-refractivity contribution in [3.05, 3.63) is 16.1 Å². The Balaban J connectivity index is 2.20. The van der Waals surface area contributed by atoms with Gasteiger partial charge in [0.05, 0.1) is 31.4 Å². The van der Waals surface area contributed by atoms with Crippen molar-refractivity contribution in [2.45, 2.75) is 12.5 Å². The minimum absolute atomic E-state index is 0.467. The summed E-state index contributed by atoms with van der Waals surface area (Å²) in [6.45, 7) is 1.77. The Bertz CT molecular complexity index is 242. The molecular weight excluding hydrogens is 210 g/mol. The fourth-order valence-corrected chi connectivity index (χ4v) is 1.74. The monoisotopic (exact) mass is 221 g/mol. The number of hydrogen-bond acceptors (Lipinski definition) is 4. The first kappa shape index (κ1) is 10.9. The number of aromatic nitrogens is 1. The molecule has 1 heterocycles. The molecule has 0 radical (unpaired) electrons. The number of thiazole rings is 1. The lowest BCUT2D eigenvalue weighted by molar-refractivity contribution is 0.0615. The molecule has 0 saturated carbocycles. The molecule has 0 saturated heterocycles. The maximum absolute atomic E-state index is 5.61. The van der Waals surface area contributed by atoms with Crippen LogP contribution in [0.4, 0.5) is 0 Å². The lowest BCUT2D eigenvalue weighted by atomic mass is 10.6. The summed E-state index contributed by atoms with van der Waals surface area (Å²) in [4.78, 5) is 4.25. The molecule has 0 N–H and O–H groups in total. The molecule has 0 atom stereocenters. The Hall–Kier alpha value is -0.160. The standard InChI is InChI=1S/C8H12ClNO2S/c1-11-2-3-12-5-8-10-7(4-9)6-13-8/h6H,2-5H2,1H3. The van der Waals surface area contributed by atoms with Crippen LogP contribution >= 0.6 is 22.9 Å². The molecule has 1 rings (SSSR count). The van der Waals surface area contributed by atoms with E-state index in [0.29, 0.717) is 25.7 Å². The highest BCUT2D eigenvalue weighted by Gasteiger charge is 2.00. The zero-order chi connectivity index (χ0) is 9.52. The molecule has 0 amide bonds. The third-order valence-corrected chi connectivity index (χ3v) is 2.54. The molecule has 0 aliphatic heterocycles. The van der Waals surface area contributed by atoms with Crippen LogP contribution in [0.3, 0.4) is 0 Å². The van der Waals surface area contributed by atoms with Gasteiger partial charge in [-0.1, -0.05) is 0 Å². The van der Waals surface area contributed by atoms with Gasteiger partial charge in [-0.05, 0) is 0 Å². The van der Waals surface area contributed by atoms with Crippen LogP contribution in [0.25, 0.3) is 0 Å². The second-order valence-corrected chi connectivity index (χ2v) is 3.62. The van der Waals surface area contributed by atoms with Crippen LogP contribution in [0.1, 0.15) is 10.7 Å². The molecule has 0 bridgehead atoms. The second kappa shape index (κ2) is 6.32. The first-order valence-corrected chi connectivity index (χ1v) is 5.34. The molecule has 74 valence electrons. The van der Waals surface area contributed by atoms with Crippen LogP contribution < -0.4 is 0 Å². The highest BCUT2D eigenvalue weighted by molar-refractivity contribution is 7.09. The Morgan fingerprint density at radius 3 is 3.00 bits per heavy atom. The topological polar surface area (TPSA) is 31.4 Å². The lowest BCUT2D eigenvalue weighted by Crippen LogP contribution is -2.01. The van der Waals surface area contributed by atoms with Crippen molar-refractivity contribution >= 4 is 22.9 Å². The van der Waals surface area contributed by atoms with Crippen LogP contribution in [0.5, 0.6) is 0 Å². The van der Waals surface area contributed by atoms with E-state index in [2.05, 4.69) is 4.98 Å². The van der Waals surface area contributed by atoms with Gasteiger partial charge in [0.1, 0.15) is 5.01 Å². The summed E-state index contributed by atoms with van der Waals surface area (Å²) >= 11 is 7.18. The Kier molecular flexibility index (Phi) is 5.31. The van der Waals surface area contributed by atoms with Crippen molar-refractivity contribution in [3.63, 3.8) is 0 Å². The maximum Gasteiger partial charge on any atom is 0.119 e. The molecule has 0 aliphatic rings. The molecule has 5 heteroatoms. The van der Waals surface area contributed by atoms with Gasteiger partial charge in [0.25, 0.3) is 0 Å². The minimum atomic E-state index is 0.467. The highest BCUT2D eigenvalue weighted by Crippen LogP contribution is 2.12. The molecule has 13 heavy (non-hydrogen) atoms. The van der Waals surface area contributed by atoms with Gasteiger partial charge in [0.2, 0.25) is 0 Å². The third kappa shape index (κ3) is 4.04. The van der Waals surface area contributed by atoms with Gasteiger partial charge in [-0.3, -0.25) is 0 Å². The van der Waals surface area contributed by atoms with Crippen LogP contribution in [-0.2, 0) is 22.0 Å². The van der Waals surface area contributed by atoms with Crippen LogP contribution in [-0.4, -0.2) is 25.3 Å². The smallest absolute Gasteiger partial charge is 0.119 e. The predicted octanol–water partition coefficient (Wildman–Crippen LogP) is 2.04. The molecule has 0 aliphatic carbocycles. The molecule has 1 aromatic heterocycles. The number of hydrogen-bond donors (Lipinski definition) is 0. The predicted molar refractivity (Wildman–Crippen MR) is 53.2 cm³/mol. The average molecular weight is 222 g/mol. The number of ether oxygens (including phenoxy) is 2. The average Bonchev–Trinajstić information content (AvgIpc) is 2.60. The van der Waals surface area contributed by atoms with Gasteiger partial charge < -0.3 is 9.47 Å². The van der Waals surface area contributed by atoms with E-state index in [9.17, 15) is 0 Å². The summed E-state index contributed by atoms with van der Waals surface area (Å²) in [5, 5.41) is 2.91. The van der Waals surface area contributed by atoms with E-state index in [4.69, 9.17) is 21.1 Å². The highest BCUT2D eigenvalue weighted by atomic mass is 35.5. The lowest BCUT2D eigenvalue weighted by Gasteiger charge is -1.99. The minimum Gasteiger partial charge on any atom is -0.382 e. The molecule has 0 unspecified atom stereocenters. The van der Waals surface area contributed by atoms with Gasteiger partial charge in [0, 0.05) is 12.5 Å². The number of halogens is 1. The third-order valence-electron chi connectivity index (χ3n) is 1.39. The summed E-state index contributed by atoms with van der Waals surface area (Å²) < 4.78 is 10.1. The van der Waals surface area contributed by atoms with E-state index in [-0.39, 0.29) is 0 Å². The zero-order valence-electron chi connectivity index (χ0n) is 7.46. The SMILES string of the molecule is COCCOCc1nc(CCl)cs1. The number of alkyl halides is 1. The maximum atomic E-state index is 5.61.